The van der Waals surface area contributed by atoms with Crippen molar-refractivity contribution in [3.05, 3.63) is 35.0 Å². The summed E-state index contributed by atoms with van der Waals surface area (Å²) in [4.78, 5) is 30.5. The number of ether oxygens (including phenoxy) is 1. The zero-order valence-electron chi connectivity index (χ0n) is 17.4. The molecule has 0 unspecified atom stereocenters. The summed E-state index contributed by atoms with van der Waals surface area (Å²) in [6.45, 7) is 3.73. The van der Waals surface area contributed by atoms with Crippen molar-refractivity contribution in [1.29, 1.82) is 0 Å². The number of fused-ring (bicyclic) bond motifs is 3. The quantitative estimate of drug-likeness (QED) is 0.733. The van der Waals surface area contributed by atoms with E-state index >= 15 is 0 Å². The number of aromatic amines is 1. The van der Waals surface area contributed by atoms with Gasteiger partial charge in [-0.2, -0.15) is 0 Å². The predicted molar refractivity (Wildman–Crippen MR) is 114 cm³/mol. The lowest BCUT2D eigenvalue weighted by Crippen LogP contribution is -2.46. The summed E-state index contributed by atoms with van der Waals surface area (Å²) < 4.78 is 29.0. The highest BCUT2D eigenvalue weighted by Gasteiger charge is 2.36. The van der Waals surface area contributed by atoms with Crippen LogP contribution in [0.5, 0.6) is 0 Å². The van der Waals surface area contributed by atoms with Crippen LogP contribution in [-0.4, -0.2) is 60.4 Å². The molecule has 2 heterocycles. The number of carbonyl (C=O) groups is 2. The molecule has 1 fully saturated rings. The van der Waals surface area contributed by atoms with Gasteiger partial charge < -0.3 is 14.6 Å². The Morgan fingerprint density at radius 2 is 2.03 bits per heavy atom. The third kappa shape index (κ3) is 3.97. The fourth-order valence-corrected chi connectivity index (χ4v) is 6.39. The normalized spacial score (nSPS) is 21.2. The van der Waals surface area contributed by atoms with Crippen LogP contribution in [0.15, 0.2) is 18.2 Å². The SMILES string of the molecule is CCN(C(=O)[C@@H](C)OC(=O)c1ccc2[nH]c3c(c2c1)CCCC3)[C@@H]1CCS(=O)(=O)C1. The van der Waals surface area contributed by atoms with Crippen LogP contribution in [0.3, 0.4) is 0 Å². The molecular formula is C22H28N2O5S. The van der Waals surface area contributed by atoms with Gasteiger partial charge in [-0.25, -0.2) is 13.2 Å². The van der Waals surface area contributed by atoms with Gasteiger partial charge in [0.1, 0.15) is 0 Å². The standard InChI is InChI=1S/C22H28N2O5S/c1-3-24(16-10-11-30(27,28)13-16)21(25)14(2)29-22(26)15-8-9-20-18(12-15)17-6-4-5-7-19(17)23-20/h8-9,12,14,16,23H,3-7,10-11,13H2,1-2H3/t14-,16-/m1/s1. The average Bonchev–Trinajstić information content (AvgIpc) is 3.27. The van der Waals surface area contributed by atoms with Crippen LogP contribution in [0.4, 0.5) is 0 Å². The van der Waals surface area contributed by atoms with Gasteiger partial charge in [0.15, 0.2) is 15.9 Å². The van der Waals surface area contributed by atoms with Crippen molar-refractivity contribution in [2.45, 2.75) is 58.1 Å². The maximum atomic E-state index is 12.9. The van der Waals surface area contributed by atoms with Crippen LogP contribution in [0.25, 0.3) is 10.9 Å². The number of nitrogens with zero attached hydrogens (tertiary/aromatic N) is 1. The molecule has 2 aromatic rings. The number of amides is 1. The molecule has 162 valence electrons. The van der Waals surface area contributed by atoms with Gasteiger partial charge in [0, 0.05) is 29.2 Å². The van der Waals surface area contributed by atoms with Gasteiger partial charge >= 0.3 is 5.97 Å². The molecule has 2 atom stereocenters. The van der Waals surface area contributed by atoms with Gasteiger partial charge in [-0.1, -0.05) is 0 Å². The lowest BCUT2D eigenvalue weighted by molar-refractivity contribution is -0.141. The molecule has 0 saturated carbocycles. The minimum absolute atomic E-state index is 0.0253. The van der Waals surface area contributed by atoms with Gasteiger partial charge in [0.25, 0.3) is 5.91 Å². The average molecular weight is 433 g/mol. The van der Waals surface area contributed by atoms with Crippen LogP contribution in [0, 0.1) is 0 Å². The molecule has 2 aliphatic rings. The second-order valence-electron chi connectivity index (χ2n) is 8.28. The largest absolute Gasteiger partial charge is 0.449 e. The van der Waals surface area contributed by atoms with E-state index in [0.717, 1.165) is 30.2 Å². The second-order valence-corrected chi connectivity index (χ2v) is 10.5. The molecule has 1 aliphatic heterocycles. The van der Waals surface area contributed by atoms with Gasteiger partial charge in [-0.15, -0.1) is 0 Å². The van der Waals surface area contributed by atoms with Crippen molar-refractivity contribution in [3.8, 4) is 0 Å². The first kappa shape index (κ1) is 20.9. The molecule has 1 amide bonds. The van der Waals surface area contributed by atoms with E-state index in [1.165, 1.54) is 22.6 Å². The summed E-state index contributed by atoms with van der Waals surface area (Å²) in [6, 6.07) is 5.09. The molecule has 1 aromatic heterocycles. The predicted octanol–water partition coefficient (Wildman–Crippen LogP) is 2.63. The fraction of sp³-hybridized carbons (Fsp3) is 0.545. The number of rotatable bonds is 5. The first-order valence-electron chi connectivity index (χ1n) is 10.6. The molecule has 4 rings (SSSR count). The zero-order chi connectivity index (χ0) is 21.5. The molecular weight excluding hydrogens is 404 g/mol. The number of sulfone groups is 1. The number of likely N-dealkylation sites (N-methyl/N-ethyl adjacent to an activating group) is 1. The first-order chi connectivity index (χ1) is 14.3. The lowest BCUT2D eigenvalue weighted by atomic mass is 9.95. The van der Waals surface area contributed by atoms with E-state index in [4.69, 9.17) is 4.74 Å². The number of aromatic nitrogens is 1. The number of benzene rings is 1. The number of hydrogen-bond acceptors (Lipinski definition) is 5. The van der Waals surface area contributed by atoms with Crippen LogP contribution in [0.1, 0.15) is 54.7 Å². The summed E-state index contributed by atoms with van der Waals surface area (Å²) >= 11 is 0. The molecule has 7 nitrogen and oxygen atoms in total. The van der Waals surface area contributed by atoms with Crippen molar-refractivity contribution in [1.82, 2.24) is 9.88 Å². The minimum Gasteiger partial charge on any atom is -0.449 e. The minimum atomic E-state index is -3.10. The van der Waals surface area contributed by atoms with Crippen LogP contribution >= 0.6 is 0 Å². The lowest BCUT2D eigenvalue weighted by Gasteiger charge is -2.29. The molecule has 0 bridgehead atoms. The Morgan fingerprint density at radius 3 is 2.73 bits per heavy atom. The smallest absolute Gasteiger partial charge is 0.338 e. The van der Waals surface area contributed by atoms with Gasteiger partial charge in [-0.05, 0) is 69.7 Å². The molecule has 30 heavy (non-hydrogen) atoms. The van der Waals surface area contributed by atoms with E-state index < -0.39 is 21.9 Å². The van der Waals surface area contributed by atoms with E-state index in [9.17, 15) is 18.0 Å². The molecule has 0 radical (unpaired) electrons. The van der Waals surface area contributed by atoms with Crippen LogP contribution in [-0.2, 0) is 32.2 Å². The first-order valence-corrected chi connectivity index (χ1v) is 12.5. The summed E-state index contributed by atoms with van der Waals surface area (Å²) in [6.07, 6.45) is 3.79. The maximum Gasteiger partial charge on any atom is 0.338 e. The molecule has 1 saturated heterocycles. The number of aryl methyl sites for hydroxylation is 2. The van der Waals surface area contributed by atoms with Crippen molar-refractivity contribution < 1.29 is 22.7 Å². The van der Waals surface area contributed by atoms with E-state index in [0.29, 0.717) is 18.5 Å². The molecule has 1 aromatic carbocycles. The van der Waals surface area contributed by atoms with Gasteiger partial charge in [0.05, 0.1) is 17.1 Å². The number of H-pyrrole nitrogens is 1. The van der Waals surface area contributed by atoms with Crippen molar-refractivity contribution in [3.63, 3.8) is 0 Å². The summed E-state index contributed by atoms with van der Waals surface area (Å²) in [7, 11) is -3.10. The van der Waals surface area contributed by atoms with Gasteiger partial charge in [0.2, 0.25) is 0 Å². The maximum absolute atomic E-state index is 12.9. The van der Waals surface area contributed by atoms with E-state index in [2.05, 4.69) is 4.98 Å². The Labute approximate surface area is 176 Å². The summed E-state index contributed by atoms with van der Waals surface area (Å²) in [5.41, 5.74) is 3.95. The van der Waals surface area contributed by atoms with Crippen LogP contribution < -0.4 is 0 Å². The second kappa shape index (κ2) is 8.06. The number of esters is 1. The van der Waals surface area contributed by atoms with Crippen LogP contribution in [0.2, 0.25) is 0 Å². The third-order valence-corrected chi connectivity index (χ3v) is 7.99. The van der Waals surface area contributed by atoms with Crippen molar-refractivity contribution >= 4 is 32.6 Å². The Bertz CT molecular complexity index is 1090. The summed E-state index contributed by atoms with van der Waals surface area (Å²) in [5, 5.41) is 1.05. The molecule has 0 spiro atoms. The zero-order valence-corrected chi connectivity index (χ0v) is 18.3. The highest BCUT2D eigenvalue weighted by atomic mass is 32.2. The molecule has 1 N–H and O–H groups in total. The molecule has 8 heteroatoms. The Hall–Kier alpha value is -2.35. The highest BCUT2D eigenvalue weighted by molar-refractivity contribution is 7.91. The Kier molecular flexibility index (Phi) is 5.61. The number of carbonyl (C=O) groups excluding carboxylic acids is 2. The van der Waals surface area contributed by atoms with E-state index in [-0.39, 0.29) is 23.5 Å². The van der Waals surface area contributed by atoms with Crippen molar-refractivity contribution in [2.24, 2.45) is 0 Å². The third-order valence-electron chi connectivity index (χ3n) is 6.24. The van der Waals surface area contributed by atoms with E-state index in [1.807, 2.05) is 12.1 Å². The fourth-order valence-electron chi connectivity index (χ4n) is 4.66. The Balaban J connectivity index is 1.48. The summed E-state index contributed by atoms with van der Waals surface area (Å²) in [5.74, 6) is -0.828. The highest BCUT2D eigenvalue weighted by Crippen LogP contribution is 2.30. The number of hydrogen-bond donors (Lipinski definition) is 1. The molecule has 1 aliphatic carbocycles. The van der Waals surface area contributed by atoms with Gasteiger partial charge in [-0.3, -0.25) is 4.79 Å². The van der Waals surface area contributed by atoms with E-state index in [1.54, 1.807) is 19.9 Å². The Morgan fingerprint density at radius 1 is 1.27 bits per heavy atom. The number of nitrogens with one attached hydrogen (secondary N) is 1. The topological polar surface area (TPSA) is 96.5 Å². The van der Waals surface area contributed by atoms with Crippen molar-refractivity contribution in [2.75, 3.05) is 18.1 Å². The monoisotopic (exact) mass is 432 g/mol.